The Morgan fingerprint density at radius 1 is 0.304 bits per heavy atom. The third-order valence-corrected chi connectivity index (χ3v) is 12.2. The molecule has 0 unspecified atom stereocenters. The van der Waals surface area contributed by atoms with Gasteiger partial charge in [0, 0.05) is 49.2 Å². The predicted molar refractivity (Wildman–Crippen MR) is 293 cm³/mol. The summed E-state index contributed by atoms with van der Waals surface area (Å²) in [6.07, 6.45) is 0. The van der Waals surface area contributed by atoms with Crippen molar-refractivity contribution in [1.29, 1.82) is 0 Å². The number of nitrogens with zero attached hydrogens (tertiary/aromatic N) is 2. The zero-order chi connectivity index (χ0) is 48.9. The quantitative estimate of drug-likeness (QED) is 0.129. The second kappa shape index (κ2) is 23.7. The van der Waals surface area contributed by atoms with Crippen LogP contribution in [-0.4, -0.2) is 21.3 Å². The molecule has 0 heterocycles. The summed E-state index contributed by atoms with van der Waals surface area (Å²) in [6.45, 7) is 8.53. The highest BCUT2D eigenvalue weighted by Gasteiger charge is 2.17. The van der Waals surface area contributed by atoms with Gasteiger partial charge in [0.1, 0.15) is 17.2 Å². The molecule has 9 aromatic carbocycles. The van der Waals surface area contributed by atoms with Crippen molar-refractivity contribution in [3.05, 3.63) is 244 Å². The maximum atomic E-state index is 6.05. The molecule has 0 aromatic heterocycles. The summed E-state index contributed by atoms with van der Waals surface area (Å²) in [5.74, 6) is 2.51. The molecular weight excluding hydrogens is 915 g/mol. The molecule has 0 amide bonds. The van der Waals surface area contributed by atoms with E-state index < -0.39 is 0 Å². The normalized spacial score (nSPS) is 10.5. The van der Waals surface area contributed by atoms with Gasteiger partial charge in [-0.3, -0.25) is 0 Å². The first-order valence-corrected chi connectivity index (χ1v) is 23.6. The van der Waals surface area contributed by atoms with Crippen LogP contribution in [-0.2, 0) is 0 Å². The van der Waals surface area contributed by atoms with Crippen LogP contribution in [0.4, 0.5) is 34.1 Å². The van der Waals surface area contributed by atoms with E-state index in [1.54, 1.807) is 27.4 Å². The lowest BCUT2D eigenvalue weighted by Gasteiger charge is -2.27. The molecule has 0 fully saturated rings. The summed E-state index contributed by atoms with van der Waals surface area (Å²) < 4.78 is 15.7. The summed E-state index contributed by atoms with van der Waals surface area (Å²) >= 11 is 17.7. The fourth-order valence-electron chi connectivity index (χ4n) is 7.95. The van der Waals surface area contributed by atoms with Crippen molar-refractivity contribution in [1.82, 2.24) is 0 Å². The van der Waals surface area contributed by atoms with Gasteiger partial charge in [0.25, 0.3) is 0 Å². The highest BCUT2D eigenvalue weighted by molar-refractivity contribution is 6.31. The van der Waals surface area contributed by atoms with Gasteiger partial charge in [-0.15, -0.1) is 0 Å². The van der Waals surface area contributed by atoms with E-state index in [1.165, 1.54) is 22.3 Å². The third kappa shape index (κ3) is 13.1. The molecule has 9 rings (SSSR count). The smallest absolute Gasteiger partial charge is 0.120 e. The van der Waals surface area contributed by atoms with Gasteiger partial charge >= 0.3 is 0 Å². The zero-order valence-corrected chi connectivity index (χ0v) is 42.2. The molecule has 5 nitrogen and oxygen atoms in total. The van der Waals surface area contributed by atoms with Crippen LogP contribution in [0.3, 0.4) is 0 Å². The molecule has 0 radical (unpaired) electrons. The molecule has 0 aliphatic heterocycles. The van der Waals surface area contributed by atoms with E-state index in [4.69, 9.17) is 49.0 Å². The summed E-state index contributed by atoms with van der Waals surface area (Å²) in [5, 5.41) is 2.16. The van der Waals surface area contributed by atoms with E-state index in [2.05, 4.69) is 147 Å². The predicted octanol–water partition coefficient (Wildman–Crippen LogP) is 18.6. The Morgan fingerprint density at radius 3 is 0.957 bits per heavy atom. The van der Waals surface area contributed by atoms with E-state index in [9.17, 15) is 0 Å². The van der Waals surface area contributed by atoms with Crippen LogP contribution in [0.2, 0.25) is 15.1 Å². The summed E-state index contributed by atoms with van der Waals surface area (Å²) in [4.78, 5) is 4.53. The highest BCUT2D eigenvalue weighted by atomic mass is 35.5. The van der Waals surface area contributed by atoms with Crippen LogP contribution in [0.5, 0.6) is 17.2 Å². The fourth-order valence-corrected chi connectivity index (χ4v) is 8.38. The minimum atomic E-state index is 0.703. The lowest BCUT2D eigenvalue weighted by molar-refractivity contribution is 0.415. The molecule has 0 atom stereocenters. The minimum absolute atomic E-state index is 0.703. The largest absolute Gasteiger partial charge is 0.497 e. The topological polar surface area (TPSA) is 34.2 Å². The Morgan fingerprint density at radius 2 is 0.638 bits per heavy atom. The Bertz CT molecular complexity index is 2950. The number of rotatable bonds is 11. The van der Waals surface area contributed by atoms with Crippen molar-refractivity contribution in [2.24, 2.45) is 0 Å². The molecule has 0 spiro atoms. The van der Waals surface area contributed by atoms with E-state index in [0.717, 1.165) is 83.7 Å². The van der Waals surface area contributed by atoms with Gasteiger partial charge in [0.05, 0.1) is 21.3 Å². The highest BCUT2D eigenvalue weighted by Crippen LogP contribution is 2.40. The number of anilines is 6. The monoisotopic (exact) mass is 968 g/mol. The van der Waals surface area contributed by atoms with Crippen molar-refractivity contribution in [3.8, 4) is 39.5 Å². The van der Waals surface area contributed by atoms with Gasteiger partial charge in [-0.2, -0.15) is 0 Å². The molecule has 69 heavy (non-hydrogen) atoms. The molecule has 0 saturated heterocycles. The van der Waals surface area contributed by atoms with Gasteiger partial charge in [-0.25, -0.2) is 0 Å². The Kier molecular flexibility index (Phi) is 17.1. The number of hydrogen-bond donors (Lipinski definition) is 0. The van der Waals surface area contributed by atoms with Crippen molar-refractivity contribution in [2.45, 2.75) is 27.7 Å². The van der Waals surface area contributed by atoms with Crippen molar-refractivity contribution in [3.63, 3.8) is 0 Å². The number of aryl methyl sites for hydroxylation is 4. The second-order valence-corrected chi connectivity index (χ2v) is 17.7. The fraction of sp³-hybridized carbons (Fsp3) is 0.115. The zero-order valence-electron chi connectivity index (χ0n) is 39.9. The maximum absolute atomic E-state index is 6.05. The molecular formula is C61H55Cl3N2O3. The second-order valence-electron chi connectivity index (χ2n) is 16.4. The van der Waals surface area contributed by atoms with Gasteiger partial charge in [0.15, 0.2) is 0 Å². The molecule has 0 bridgehead atoms. The molecule has 348 valence electrons. The number of halogens is 3. The van der Waals surface area contributed by atoms with Gasteiger partial charge < -0.3 is 24.0 Å². The summed E-state index contributed by atoms with van der Waals surface area (Å²) in [7, 11) is 5.01. The van der Waals surface area contributed by atoms with Crippen molar-refractivity contribution >= 4 is 68.9 Å². The number of hydrogen-bond acceptors (Lipinski definition) is 5. The van der Waals surface area contributed by atoms with Crippen molar-refractivity contribution in [2.75, 3.05) is 31.1 Å². The molecule has 0 aliphatic rings. The lowest BCUT2D eigenvalue weighted by atomic mass is 10.0. The van der Waals surface area contributed by atoms with E-state index in [0.29, 0.717) is 5.02 Å². The maximum Gasteiger partial charge on any atom is 0.120 e. The van der Waals surface area contributed by atoms with Crippen LogP contribution in [0.1, 0.15) is 22.3 Å². The van der Waals surface area contributed by atoms with Crippen LogP contribution in [0, 0.1) is 27.7 Å². The number of benzene rings is 9. The minimum Gasteiger partial charge on any atom is -0.497 e. The van der Waals surface area contributed by atoms with E-state index in [1.807, 2.05) is 91.0 Å². The van der Waals surface area contributed by atoms with Crippen LogP contribution in [0.25, 0.3) is 22.3 Å². The van der Waals surface area contributed by atoms with Crippen LogP contribution in [0.15, 0.2) is 206 Å². The van der Waals surface area contributed by atoms with Crippen LogP contribution >= 0.6 is 34.8 Å². The van der Waals surface area contributed by atoms with E-state index in [-0.39, 0.29) is 0 Å². The average molecular weight is 970 g/mol. The first kappa shape index (κ1) is 49.7. The Hall–Kier alpha value is -7.15. The standard InChI is InChI=1S/C34H31NO2.C20H17Cl2N.C7H7ClO/c1-24-11-20-34(25(2)21-24)35(30-16-12-26(13-17-30)28-7-5-9-32(22-28)36-3)31-18-14-27(15-19-31)29-8-6-10-33(23-29)37-4;1-14-3-12-20(15(2)13-14)23(18-8-4-16(21)5-9-18)19-10-6-17(22)7-11-19;1-9-7-4-2-3-6(8)5-7/h5-23H,1-4H3;3-13H,1-2H3;2-5H,1H3. The van der Waals surface area contributed by atoms with Crippen LogP contribution < -0.4 is 24.0 Å². The summed E-state index contributed by atoms with van der Waals surface area (Å²) in [5.41, 5.74) is 16.1. The van der Waals surface area contributed by atoms with Gasteiger partial charge in [0.2, 0.25) is 0 Å². The van der Waals surface area contributed by atoms with Crippen molar-refractivity contribution < 1.29 is 14.2 Å². The molecule has 9 aromatic rings. The lowest BCUT2D eigenvalue weighted by Crippen LogP contribution is -2.11. The molecule has 0 aliphatic carbocycles. The number of ether oxygens (including phenoxy) is 3. The molecule has 0 saturated carbocycles. The van der Waals surface area contributed by atoms with Gasteiger partial charge in [-0.1, -0.05) is 125 Å². The van der Waals surface area contributed by atoms with Gasteiger partial charge in [-0.05, 0) is 188 Å². The first-order chi connectivity index (χ1) is 33.4. The Balaban J connectivity index is 0.000000185. The third-order valence-electron chi connectivity index (χ3n) is 11.4. The Labute approximate surface area is 422 Å². The summed E-state index contributed by atoms with van der Waals surface area (Å²) in [6, 6.07) is 69.8. The first-order valence-electron chi connectivity index (χ1n) is 22.5. The molecule has 8 heteroatoms. The SMILES string of the molecule is COc1cccc(-c2ccc(N(c3ccc(-c4cccc(OC)c4)cc3)c3ccc(C)cc3C)cc2)c1.COc1cccc(Cl)c1.Cc1ccc(N(c2ccc(Cl)cc2)c2ccc(Cl)cc2)c(C)c1. The average Bonchev–Trinajstić information content (AvgIpc) is 3.37. The van der Waals surface area contributed by atoms with E-state index >= 15 is 0 Å². The number of methoxy groups -OCH3 is 3. The molecule has 0 N–H and O–H groups in total.